The second kappa shape index (κ2) is 6.46. The Morgan fingerprint density at radius 3 is 2.70 bits per heavy atom. The van der Waals surface area contributed by atoms with Crippen LogP contribution in [-0.4, -0.2) is 29.8 Å². The Morgan fingerprint density at radius 2 is 2.04 bits per heavy atom. The lowest BCUT2D eigenvalue weighted by Gasteiger charge is -2.10. The Kier molecular flexibility index (Phi) is 4.63. The van der Waals surface area contributed by atoms with Crippen LogP contribution in [0.5, 0.6) is 5.75 Å². The normalized spacial score (nSPS) is 11.3. The molecule has 1 heterocycles. The molecule has 0 spiro atoms. The van der Waals surface area contributed by atoms with E-state index in [0.29, 0.717) is 23.9 Å². The molecule has 124 valence electrons. The number of halogens is 3. The predicted molar refractivity (Wildman–Crippen MR) is 79.5 cm³/mol. The summed E-state index contributed by atoms with van der Waals surface area (Å²) in [6.07, 6.45) is -2.59. The van der Waals surface area contributed by atoms with Gasteiger partial charge in [-0.1, -0.05) is 0 Å². The first kappa shape index (κ1) is 16.5. The molecule has 0 aliphatic carbocycles. The molecule has 0 saturated carbocycles. The predicted octanol–water partition coefficient (Wildman–Crippen LogP) is 1.62. The number of aromatic amines is 1. The van der Waals surface area contributed by atoms with Gasteiger partial charge >= 0.3 is 6.36 Å². The molecule has 0 aliphatic heterocycles. The number of aromatic nitrogens is 1. The number of hydrogen-bond donors (Lipinski definition) is 6. The van der Waals surface area contributed by atoms with Crippen molar-refractivity contribution in [2.45, 2.75) is 12.8 Å². The quantitative estimate of drug-likeness (QED) is 0.377. The van der Waals surface area contributed by atoms with Gasteiger partial charge in [0, 0.05) is 23.6 Å². The molecule has 2 rings (SSSR count). The Bertz CT molecular complexity index is 724. The number of guanidine groups is 2. The molecule has 0 fully saturated rings. The van der Waals surface area contributed by atoms with Gasteiger partial charge in [0.25, 0.3) is 0 Å². The van der Waals surface area contributed by atoms with E-state index in [1.54, 1.807) is 6.20 Å². The van der Waals surface area contributed by atoms with Gasteiger partial charge in [0.2, 0.25) is 0 Å². The number of benzene rings is 1. The van der Waals surface area contributed by atoms with Crippen molar-refractivity contribution in [1.82, 2.24) is 15.6 Å². The van der Waals surface area contributed by atoms with Crippen LogP contribution in [-0.2, 0) is 6.42 Å². The largest absolute Gasteiger partial charge is 0.573 e. The molecule has 0 radical (unpaired) electrons. The van der Waals surface area contributed by atoms with Gasteiger partial charge in [-0.3, -0.25) is 16.1 Å². The molecule has 0 atom stereocenters. The van der Waals surface area contributed by atoms with Crippen molar-refractivity contribution >= 4 is 22.8 Å². The maximum atomic E-state index is 12.3. The Labute approximate surface area is 129 Å². The lowest BCUT2D eigenvalue weighted by Crippen LogP contribution is -2.43. The summed E-state index contributed by atoms with van der Waals surface area (Å²) >= 11 is 0. The summed E-state index contributed by atoms with van der Waals surface area (Å²) in [5, 5.41) is 20.0. The summed E-state index contributed by atoms with van der Waals surface area (Å²) in [5.74, 6) is -0.772. The molecule has 0 unspecified atom stereocenters. The number of nitrogens with one attached hydrogen (secondary N) is 5. The van der Waals surface area contributed by atoms with Crippen molar-refractivity contribution in [2.75, 3.05) is 6.54 Å². The molecule has 1 aromatic carbocycles. The first-order chi connectivity index (χ1) is 10.7. The fourth-order valence-electron chi connectivity index (χ4n) is 2.06. The van der Waals surface area contributed by atoms with Crippen LogP contribution in [0.1, 0.15) is 5.56 Å². The SMILES string of the molecule is N=C(N)NC(=N)NCCc1c[nH]c2ccc(OC(F)(F)F)cc12. The average molecular weight is 328 g/mol. The van der Waals surface area contributed by atoms with Gasteiger partial charge in [-0.15, -0.1) is 13.2 Å². The molecule has 0 amide bonds. The Balaban J connectivity index is 2.04. The van der Waals surface area contributed by atoms with Crippen molar-refractivity contribution in [1.29, 1.82) is 10.8 Å². The second-order valence-electron chi connectivity index (χ2n) is 4.66. The van der Waals surface area contributed by atoms with Gasteiger partial charge in [0.1, 0.15) is 5.75 Å². The van der Waals surface area contributed by atoms with E-state index in [9.17, 15) is 13.2 Å². The zero-order valence-electron chi connectivity index (χ0n) is 11.8. The molecule has 1 aromatic heterocycles. The topological polar surface area (TPSA) is 123 Å². The minimum absolute atomic E-state index is 0.126. The van der Waals surface area contributed by atoms with Crippen LogP contribution in [0.2, 0.25) is 0 Å². The third kappa shape index (κ3) is 4.80. The van der Waals surface area contributed by atoms with Gasteiger partial charge in [0.15, 0.2) is 11.9 Å². The van der Waals surface area contributed by atoms with Gasteiger partial charge in [-0.25, -0.2) is 0 Å². The lowest BCUT2D eigenvalue weighted by molar-refractivity contribution is -0.274. The van der Waals surface area contributed by atoms with Crippen LogP contribution in [0.3, 0.4) is 0 Å². The van der Waals surface area contributed by atoms with Crippen molar-refractivity contribution < 1.29 is 17.9 Å². The highest BCUT2D eigenvalue weighted by atomic mass is 19.4. The van der Waals surface area contributed by atoms with E-state index < -0.39 is 6.36 Å². The van der Waals surface area contributed by atoms with E-state index >= 15 is 0 Å². The molecule has 7 N–H and O–H groups in total. The molecule has 23 heavy (non-hydrogen) atoms. The average Bonchev–Trinajstić information content (AvgIpc) is 2.79. The fourth-order valence-corrected chi connectivity index (χ4v) is 2.06. The highest BCUT2D eigenvalue weighted by Crippen LogP contribution is 2.28. The van der Waals surface area contributed by atoms with E-state index in [0.717, 1.165) is 5.56 Å². The standard InChI is InChI=1S/C13H15F3N6O/c14-13(15,16)23-8-1-2-10-9(5-8)7(6-21-10)3-4-20-12(19)22-11(17)18/h1-2,5-6,21H,3-4H2,(H6,17,18,19,20,22). The van der Waals surface area contributed by atoms with Crippen molar-refractivity contribution in [3.05, 3.63) is 30.0 Å². The van der Waals surface area contributed by atoms with Crippen LogP contribution in [0.15, 0.2) is 24.4 Å². The zero-order chi connectivity index (χ0) is 17.0. The first-order valence-corrected chi connectivity index (χ1v) is 6.54. The van der Waals surface area contributed by atoms with E-state index in [4.69, 9.17) is 16.6 Å². The Morgan fingerprint density at radius 1 is 1.30 bits per heavy atom. The highest BCUT2D eigenvalue weighted by Gasteiger charge is 2.31. The smallest absolute Gasteiger partial charge is 0.406 e. The fraction of sp³-hybridized carbons (Fsp3) is 0.231. The summed E-state index contributed by atoms with van der Waals surface area (Å²) in [4.78, 5) is 2.96. The van der Waals surface area contributed by atoms with Crippen LogP contribution >= 0.6 is 0 Å². The minimum Gasteiger partial charge on any atom is -0.406 e. The molecule has 10 heteroatoms. The summed E-state index contributed by atoms with van der Waals surface area (Å²) in [6, 6.07) is 4.06. The van der Waals surface area contributed by atoms with Crippen LogP contribution in [0, 0.1) is 10.8 Å². The number of rotatable bonds is 4. The first-order valence-electron chi connectivity index (χ1n) is 6.54. The summed E-state index contributed by atoms with van der Waals surface area (Å²) in [5.41, 5.74) is 6.54. The number of H-pyrrole nitrogens is 1. The number of nitrogens with two attached hydrogens (primary N) is 1. The summed E-state index contributed by atoms with van der Waals surface area (Å²) < 4.78 is 40.7. The maximum Gasteiger partial charge on any atom is 0.573 e. The molecular formula is C13H15F3N6O. The monoisotopic (exact) mass is 328 g/mol. The molecule has 0 saturated heterocycles. The molecule has 0 bridgehead atoms. The minimum atomic E-state index is -4.74. The Hall–Kier alpha value is -2.91. The molecule has 2 aromatic rings. The zero-order valence-corrected chi connectivity index (χ0v) is 11.8. The van der Waals surface area contributed by atoms with E-state index in [1.807, 2.05) is 0 Å². The third-order valence-electron chi connectivity index (χ3n) is 2.93. The molecule has 7 nitrogen and oxygen atoms in total. The third-order valence-corrected chi connectivity index (χ3v) is 2.93. The van der Waals surface area contributed by atoms with Gasteiger partial charge in [0.05, 0.1) is 0 Å². The number of fused-ring (bicyclic) bond motifs is 1. The summed E-state index contributed by atoms with van der Waals surface area (Å²) in [7, 11) is 0. The molecule has 0 aliphatic rings. The van der Waals surface area contributed by atoms with Crippen LogP contribution < -0.4 is 21.1 Å². The highest BCUT2D eigenvalue weighted by molar-refractivity contribution is 5.94. The molecular weight excluding hydrogens is 313 g/mol. The van der Waals surface area contributed by atoms with E-state index in [-0.39, 0.29) is 17.7 Å². The van der Waals surface area contributed by atoms with Crippen LogP contribution in [0.25, 0.3) is 10.9 Å². The van der Waals surface area contributed by atoms with E-state index in [2.05, 4.69) is 20.4 Å². The van der Waals surface area contributed by atoms with Crippen molar-refractivity contribution in [3.63, 3.8) is 0 Å². The van der Waals surface area contributed by atoms with Gasteiger partial charge in [-0.2, -0.15) is 0 Å². The van der Waals surface area contributed by atoms with E-state index in [1.165, 1.54) is 18.2 Å². The van der Waals surface area contributed by atoms with Crippen molar-refractivity contribution in [3.8, 4) is 5.75 Å². The number of ether oxygens (including phenoxy) is 1. The summed E-state index contributed by atoms with van der Waals surface area (Å²) in [6.45, 7) is 0.344. The second-order valence-corrected chi connectivity index (χ2v) is 4.66. The van der Waals surface area contributed by atoms with Gasteiger partial charge < -0.3 is 20.8 Å². The maximum absolute atomic E-state index is 12.3. The van der Waals surface area contributed by atoms with Crippen molar-refractivity contribution in [2.24, 2.45) is 5.73 Å². The number of alkyl halides is 3. The van der Waals surface area contributed by atoms with Gasteiger partial charge in [-0.05, 0) is 30.2 Å². The lowest BCUT2D eigenvalue weighted by atomic mass is 10.1. The number of hydrogen-bond acceptors (Lipinski definition) is 3. The van der Waals surface area contributed by atoms with Crippen LogP contribution in [0.4, 0.5) is 13.2 Å².